The minimum atomic E-state index is 0.461. The SMILES string of the molecule is Cc1noc(-c2ccc(Br)cc2)c1CNC[C@H](C)c1ccccc1. The van der Waals surface area contributed by atoms with Crippen LogP contribution in [0.15, 0.2) is 63.6 Å². The van der Waals surface area contributed by atoms with Crippen molar-refractivity contribution in [3.05, 3.63) is 75.9 Å². The highest BCUT2D eigenvalue weighted by atomic mass is 79.9. The summed E-state index contributed by atoms with van der Waals surface area (Å²) in [5.74, 6) is 1.31. The third kappa shape index (κ3) is 3.94. The number of nitrogens with one attached hydrogen (secondary N) is 1. The third-order valence-electron chi connectivity index (χ3n) is 4.21. The molecular formula is C20H21BrN2O. The van der Waals surface area contributed by atoms with E-state index in [9.17, 15) is 0 Å². The van der Waals surface area contributed by atoms with Gasteiger partial charge < -0.3 is 9.84 Å². The summed E-state index contributed by atoms with van der Waals surface area (Å²) in [4.78, 5) is 0. The molecule has 0 saturated carbocycles. The van der Waals surface area contributed by atoms with Gasteiger partial charge in [0.05, 0.1) is 5.69 Å². The fourth-order valence-electron chi connectivity index (χ4n) is 2.74. The molecule has 0 fully saturated rings. The van der Waals surface area contributed by atoms with Gasteiger partial charge in [0.2, 0.25) is 0 Å². The van der Waals surface area contributed by atoms with Gasteiger partial charge in [0.1, 0.15) is 0 Å². The summed E-state index contributed by atoms with van der Waals surface area (Å²) in [6, 6.07) is 18.7. The molecule has 1 aromatic heterocycles. The summed E-state index contributed by atoms with van der Waals surface area (Å²) in [5, 5.41) is 7.68. The molecule has 3 aromatic rings. The molecule has 0 aliphatic carbocycles. The molecule has 0 spiro atoms. The smallest absolute Gasteiger partial charge is 0.171 e. The van der Waals surface area contributed by atoms with Gasteiger partial charge in [-0.3, -0.25) is 0 Å². The maximum atomic E-state index is 5.56. The van der Waals surface area contributed by atoms with Crippen molar-refractivity contribution in [1.29, 1.82) is 0 Å². The lowest BCUT2D eigenvalue weighted by Crippen LogP contribution is -2.20. The normalized spacial score (nSPS) is 12.3. The summed E-state index contributed by atoms with van der Waals surface area (Å²) in [6.45, 7) is 5.88. The van der Waals surface area contributed by atoms with Crippen molar-refractivity contribution in [3.63, 3.8) is 0 Å². The predicted molar refractivity (Wildman–Crippen MR) is 101 cm³/mol. The second-order valence-electron chi connectivity index (χ2n) is 6.03. The van der Waals surface area contributed by atoms with Crippen molar-refractivity contribution < 1.29 is 4.52 Å². The molecule has 0 aliphatic heterocycles. The number of nitrogens with zero attached hydrogens (tertiary/aromatic N) is 1. The first-order valence-corrected chi connectivity index (χ1v) is 8.91. The number of rotatable bonds is 6. The maximum Gasteiger partial charge on any atom is 0.171 e. The van der Waals surface area contributed by atoms with Gasteiger partial charge >= 0.3 is 0 Å². The van der Waals surface area contributed by atoms with Gasteiger partial charge in [-0.05, 0) is 30.5 Å². The number of hydrogen-bond donors (Lipinski definition) is 1. The minimum absolute atomic E-state index is 0.461. The summed E-state index contributed by atoms with van der Waals surface area (Å²) in [6.07, 6.45) is 0. The number of halogens is 1. The van der Waals surface area contributed by atoms with Crippen molar-refractivity contribution in [1.82, 2.24) is 10.5 Å². The highest BCUT2D eigenvalue weighted by Crippen LogP contribution is 2.27. The summed E-state index contributed by atoms with van der Waals surface area (Å²) in [7, 11) is 0. The first-order valence-electron chi connectivity index (χ1n) is 8.12. The Hall–Kier alpha value is -1.91. The first-order chi connectivity index (χ1) is 11.6. The molecule has 0 saturated heterocycles. The monoisotopic (exact) mass is 384 g/mol. The Bertz CT molecular complexity index is 781. The summed E-state index contributed by atoms with van der Waals surface area (Å²) >= 11 is 3.46. The molecule has 24 heavy (non-hydrogen) atoms. The number of aromatic nitrogens is 1. The zero-order valence-electron chi connectivity index (χ0n) is 13.9. The molecule has 0 aliphatic rings. The zero-order valence-corrected chi connectivity index (χ0v) is 15.5. The number of hydrogen-bond acceptors (Lipinski definition) is 3. The molecule has 1 heterocycles. The lowest BCUT2D eigenvalue weighted by Gasteiger charge is -2.13. The maximum absolute atomic E-state index is 5.56. The standard InChI is InChI=1S/C20H21BrN2O/c1-14(16-6-4-3-5-7-16)12-22-13-19-15(2)23-24-20(19)17-8-10-18(21)11-9-17/h3-11,14,22H,12-13H2,1-2H3/t14-/m0/s1. The van der Waals surface area contributed by atoms with Crippen LogP contribution in [0.25, 0.3) is 11.3 Å². The van der Waals surface area contributed by atoms with E-state index >= 15 is 0 Å². The van der Waals surface area contributed by atoms with Crippen LogP contribution < -0.4 is 5.32 Å². The highest BCUT2D eigenvalue weighted by Gasteiger charge is 2.15. The quantitative estimate of drug-likeness (QED) is 0.625. The van der Waals surface area contributed by atoms with Crippen molar-refractivity contribution in [2.24, 2.45) is 0 Å². The van der Waals surface area contributed by atoms with Crippen LogP contribution in [0.1, 0.15) is 29.7 Å². The molecule has 3 rings (SSSR count). The van der Waals surface area contributed by atoms with Crippen molar-refractivity contribution in [2.45, 2.75) is 26.3 Å². The van der Waals surface area contributed by atoms with Crippen molar-refractivity contribution in [3.8, 4) is 11.3 Å². The van der Waals surface area contributed by atoms with Gasteiger partial charge in [-0.25, -0.2) is 0 Å². The Morgan fingerprint density at radius 2 is 1.79 bits per heavy atom. The zero-order chi connectivity index (χ0) is 16.9. The van der Waals surface area contributed by atoms with Crippen LogP contribution in [0.4, 0.5) is 0 Å². The van der Waals surface area contributed by atoms with Gasteiger partial charge in [-0.2, -0.15) is 0 Å². The van der Waals surface area contributed by atoms with Crippen LogP contribution in [0.3, 0.4) is 0 Å². The van der Waals surface area contributed by atoms with E-state index in [1.54, 1.807) is 0 Å². The molecule has 0 amide bonds. The largest absolute Gasteiger partial charge is 0.356 e. The lowest BCUT2D eigenvalue weighted by molar-refractivity contribution is 0.426. The Balaban J connectivity index is 1.67. The van der Waals surface area contributed by atoms with E-state index in [4.69, 9.17) is 4.52 Å². The average Bonchev–Trinajstić information content (AvgIpc) is 2.97. The van der Waals surface area contributed by atoms with E-state index in [1.165, 1.54) is 5.56 Å². The van der Waals surface area contributed by atoms with Crippen LogP contribution in [-0.2, 0) is 6.54 Å². The van der Waals surface area contributed by atoms with Gasteiger partial charge in [0.25, 0.3) is 0 Å². The van der Waals surface area contributed by atoms with E-state index in [0.717, 1.165) is 40.1 Å². The molecule has 1 N–H and O–H groups in total. The van der Waals surface area contributed by atoms with Gasteiger partial charge in [0.15, 0.2) is 5.76 Å². The molecule has 1 atom stereocenters. The fraction of sp³-hybridized carbons (Fsp3) is 0.250. The Labute approximate surface area is 151 Å². The molecular weight excluding hydrogens is 364 g/mol. The predicted octanol–water partition coefficient (Wildman–Crippen LogP) is 5.31. The summed E-state index contributed by atoms with van der Waals surface area (Å²) in [5.41, 5.74) is 4.46. The average molecular weight is 385 g/mol. The van der Waals surface area contributed by atoms with Crippen LogP contribution in [0, 0.1) is 6.92 Å². The molecule has 124 valence electrons. The van der Waals surface area contributed by atoms with Crippen molar-refractivity contribution in [2.75, 3.05) is 6.54 Å². The van der Waals surface area contributed by atoms with Crippen LogP contribution >= 0.6 is 15.9 Å². The van der Waals surface area contributed by atoms with Crippen LogP contribution in [-0.4, -0.2) is 11.7 Å². The van der Waals surface area contributed by atoms with Gasteiger partial charge in [-0.15, -0.1) is 0 Å². The van der Waals surface area contributed by atoms with Gasteiger partial charge in [-0.1, -0.05) is 70.5 Å². The molecule has 3 nitrogen and oxygen atoms in total. The van der Waals surface area contributed by atoms with Gasteiger partial charge in [0, 0.05) is 28.7 Å². The Morgan fingerprint density at radius 3 is 2.50 bits per heavy atom. The number of benzene rings is 2. The minimum Gasteiger partial charge on any atom is -0.356 e. The third-order valence-corrected chi connectivity index (χ3v) is 4.74. The number of aryl methyl sites for hydroxylation is 1. The van der Waals surface area contributed by atoms with E-state index in [-0.39, 0.29) is 0 Å². The molecule has 0 radical (unpaired) electrons. The van der Waals surface area contributed by atoms with E-state index in [2.05, 4.69) is 63.7 Å². The molecule has 0 bridgehead atoms. The molecule has 0 unspecified atom stereocenters. The van der Waals surface area contributed by atoms with E-state index < -0.39 is 0 Å². The highest BCUT2D eigenvalue weighted by molar-refractivity contribution is 9.10. The Morgan fingerprint density at radius 1 is 1.08 bits per heavy atom. The van der Waals surface area contributed by atoms with E-state index in [0.29, 0.717) is 5.92 Å². The second-order valence-corrected chi connectivity index (χ2v) is 6.94. The second kappa shape index (κ2) is 7.77. The van der Waals surface area contributed by atoms with Crippen molar-refractivity contribution >= 4 is 15.9 Å². The van der Waals surface area contributed by atoms with E-state index in [1.807, 2.05) is 31.2 Å². The lowest BCUT2D eigenvalue weighted by atomic mass is 10.0. The molecule has 2 aromatic carbocycles. The first kappa shape index (κ1) is 16.9. The fourth-order valence-corrected chi connectivity index (χ4v) is 3.00. The van der Waals surface area contributed by atoms with Crippen LogP contribution in [0.5, 0.6) is 0 Å². The topological polar surface area (TPSA) is 38.1 Å². The summed E-state index contributed by atoms with van der Waals surface area (Å²) < 4.78 is 6.61. The molecule has 4 heteroatoms. The Kier molecular flexibility index (Phi) is 5.48. The van der Waals surface area contributed by atoms with Crippen LogP contribution in [0.2, 0.25) is 0 Å².